The molecule has 0 radical (unpaired) electrons. The fraction of sp³-hybridized carbons (Fsp3) is 0.190. The molecule has 0 saturated carbocycles. The summed E-state index contributed by atoms with van der Waals surface area (Å²) in [4.78, 5) is 16.9. The first-order valence-corrected chi connectivity index (χ1v) is 9.52. The van der Waals surface area contributed by atoms with E-state index in [-0.39, 0.29) is 11.6 Å². The average Bonchev–Trinajstić information content (AvgIpc) is 2.76. The molecule has 1 N–H and O–H groups in total. The maximum Gasteiger partial charge on any atom is 0.276 e. The maximum atomic E-state index is 12.3. The van der Waals surface area contributed by atoms with Crippen LogP contribution in [0.1, 0.15) is 10.5 Å². The molecule has 4 rings (SSSR count). The van der Waals surface area contributed by atoms with Gasteiger partial charge in [-0.3, -0.25) is 4.79 Å². The third-order valence-electron chi connectivity index (χ3n) is 4.71. The van der Waals surface area contributed by atoms with Crippen molar-refractivity contribution in [1.82, 2.24) is 10.2 Å². The topological polar surface area (TPSA) is 61.4 Å². The minimum absolute atomic E-state index is 0.279. The molecule has 142 valence electrons. The standard InChI is InChI=1S/C21H20ClN5O/c22-16-6-8-17(9-7-16)23-21(28)19-10-11-20(25-24-19)27-14-12-26(13-15-27)18-4-2-1-3-5-18/h1-11H,12-15H2,(H,23,28). The van der Waals surface area contributed by atoms with E-state index in [1.54, 1.807) is 30.3 Å². The summed E-state index contributed by atoms with van der Waals surface area (Å²) < 4.78 is 0. The highest BCUT2D eigenvalue weighted by atomic mass is 35.5. The van der Waals surface area contributed by atoms with Gasteiger partial charge in [0.1, 0.15) is 0 Å². The molecule has 7 heteroatoms. The molecule has 1 saturated heterocycles. The number of carbonyl (C=O) groups excluding carboxylic acids is 1. The van der Waals surface area contributed by atoms with Gasteiger partial charge in [0, 0.05) is 42.6 Å². The van der Waals surface area contributed by atoms with Gasteiger partial charge in [-0.05, 0) is 48.5 Å². The molecule has 6 nitrogen and oxygen atoms in total. The molecule has 0 spiro atoms. The van der Waals surface area contributed by atoms with E-state index in [0.29, 0.717) is 10.7 Å². The highest BCUT2D eigenvalue weighted by Gasteiger charge is 2.19. The molecular formula is C21H20ClN5O. The second kappa shape index (κ2) is 8.27. The number of nitrogens with zero attached hydrogens (tertiary/aromatic N) is 4. The van der Waals surface area contributed by atoms with Gasteiger partial charge in [0.2, 0.25) is 0 Å². The Morgan fingerprint density at radius 2 is 1.50 bits per heavy atom. The van der Waals surface area contributed by atoms with Crippen LogP contribution >= 0.6 is 11.6 Å². The first kappa shape index (κ1) is 18.3. The minimum Gasteiger partial charge on any atom is -0.368 e. The summed E-state index contributed by atoms with van der Waals surface area (Å²) in [6.07, 6.45) is 0. The van der Waals surface area contributed by atoms with Crippen molar-refractivity contribution in [1.29, 1.82) is 0 Å². The number of hydrogen-bond donors (Lipinski definition) is 1. The van der Waals surface area contributed by atoms with Crippen molar-refractivity contribution in [2.45, 2.75) is 0 Å². The van der Waals surface area contributed by atoms with E-state index in [1.807, 2.05) is 12.1 Å². The summed E-state index contributed by atoms with van der Waals surface area (Å²) in [6.45, 7) is 3.56. The summed E-state index contributed by atoms with van der Waals surface area (Å²) in [5.41, 5.74) is 2.18. The zero-order valence-electron chi connectivity index (χ0n) is 15.3. The number of hydrogen-bond acceptors (Lipinski definition) is 5. The van der Waals surface area contributed by atoms with Crippen LogP contribution in [0.2, 0.25) is 5.02 Å². The van der Waals surface area contributed by atoms with E-state index >= 15 is 0 Å². The normalized spacial score (nSPS) is 14.0. The van der Waals surface area contributed by atoms with Gasteiger partial charge < -0.3 is 15.1 Å². The van der Waals surface area contributed by atoms with Crippen molar-refractivity contribution in [3.05, 3.63) is 77.4 Å². The number of benzene rings is 2. The SMILES string of the molecule is O=C(Nc1ccc(Cl)cc1)c1ccc(N2CCN(c3ccccc3)CC2)nn1. The van der Waals surface area contributed by atoms with Gasteiger partial charge in [0.25, 0.3) is 5.91 Å². The number of nitrogens with one attached hydrogen (secondary N) is 1. The molecule has 28 heavy (non-hydrogen) atoms. The van der Waals surface area contributed by atoms with Crippen molar-refractivity contribution in [2.75, 3.05) is 41.3 Å². The van der Waals surface area contributed by atoms with E-state index in [2.05, 4.69) is 49.6 Å². The van der Waals surface area contributed by atoms with Crippen molar-refractivity contribution in [3.63, 3.8) is 0 Å². The molecule has 0 unspecified atom stereocenters. The van der Waals surface area contributed by atoms with E-state index in [1.165, 1.54) is 5.69 Å². The highest BCUT2D eigenvalue weighted by Crippen LogP contribution is 2.19. The zero-order chi connectivity index (χ0) is 19.3. The number of aromatic nitrogens is 2. The molecule has 1 fully saturated rings. The minimum atomic E-state index is -0.296. The lowest BCUT2D eigenvalue weighted by Crippen LogP contribution is -2.46. The predicted molar refractivity (Wildman–Crippen MR) is 112 cm³/mol. The Kier molecular flexibility index (Phi) is 5.39. The average molecular weight is 394 g/mol. The Labute approximate surface area is 168 Å². The number of piperazine rings is 1. The van der Waals surface area contributed by atoms with Crippen LogP contribution in [0.3, 0.4) is 0 Å². The Bertz CT molecular complexity index is 923. The molecule has 0 atom stereocenters. The van der Waals surface area contributed by atoms with Gasteiger partial charge in [0.05, 0.1) is 0 Å². The maximum absolute atomic E-state index is 12.3. The molecule has 1 aliphatic rings. The Hall–Kier alpha value is -3.12. The molecule has 2 aromatic carbocycles. The number of para-hydroxylation sites is 1. The summed E-state index contributed by atoms with van der Waals surface area (Å²) >= 11 is 5.86. The predicted octanol–water partition coefficient (Wildman–Crippen LogP) is 3.71. The van der Waals surface area contributed by atoms with E-state index in [4.69, 9.17) is 11.6 Å². The third-order valence-corrected chi connectivity index (χ3v) is 4.96. The highest BCUT2D eigenvalue weighted by molar-refractivity contribution is 6.30. The van der Waals surface area contributed by atoms with Crippen LogP contribution < -0.4 is 15.1 Å². The number of carbonyl (C=O) groups is 1. The number of rotatable bonds is 4. The summed E-state index contributed by atoms with van der Waals surface area (Å²) in [6, 6.07) is 20.9. The fourth-order valence-corrected chi connectivity index (χ4v) is 3.30. The summed E-state index contributed by atoms with van der Waals surface area (Å²) in [7, 11) is 0. The number of halogens is 1. The largest absolute Gasteiger partial charge is 0.368 e. The second-order valence-electron chi connectivity index (χ2n) is 6.55. The zero-order valence-corrected chi connectivity index (χ0v) is 16.0. The van der Waals surface area contributed by atoms with Gasteiger partial charge >= 0.3 is 0 Å². The van der Waals surface area contributed by atoms with Crippen molar-refractivity contribution < 1.29 is 4.79 Å². The van der Waals surface area contributed by atoms with Crippen LogP contribution in [-0.4, -0.2) is 42.3 Å². The molecule has 0 aliphatic carbocycles. The smallest absolute Gasteiger partial charge is 0.276 e. The third kappa shape index (κ3) is 4.23. The van der Waals surface area contributed by atoms with Crippen LogP contribution in [0.15, 0.2) is 66.7 Å². The Morgan fingerprint density at radius 1 is 0.821 bits per heavy atom. The van der Waals surface area contributed by atoms with Gasteiger partial charge in [-0.1, -0.05) is 29.8 Å². The van der Waals surface area contributed by atoms with Gasteiger partial charge in [0.15, 0.2) is 11.5 Å². The fourth-order valence-electron chi connectivity index (χ4n) is 3.18. The van der Waals surface area contributed by atoms with Crippen LogP contribution in [-0.2, 0) is 0 Å². The van der Waals surface area contributed by atoms with Gasteiger partial charge in [-0.15, -0.1) is 10.2 Å². The lowest BCUT2D eigenvalue weighted by Gasteiger charge is -2.36. The van der Waals surface area contributed by atoms with Crippen LogP contribution in [0.5, 0.6) is 0 Å². The lowest BCUT2D eigenvalue weighted by atomic mass is 10.2. The molecule has 1 amide bonds. The lowest BCUT2D eigenvalue weighted by molar-refractivity contribution is 0.102. The Morgan fingerprint density at radius 3 is 2.14 bits per heavy atom. The van der Waals surface area contributed by atoms with Crippen LogP contribution in [0.25, 0.3) is 0 Å². The molecule has 1 aromatic heterocycles. The monoisotopic (exact) mass is 393 g/mol. The molecule has 2 heterocycles. The van der Waals surface area contributed by atoms with Crippen molar-refractivity contribution in [3.8, 4) is 0 Å². The van der Waals surface area contributed by atoms with Gasteiger partial charge in [-0.25, -0.2) is 0 Å². The van der Waals surface area contributed by atoms with E-state index in [9.17, 15) is 4.79 Å². The van der Waals surface area contributed by atoms with Crippen LogP contribution in [0, 0.1) is 0 Å². The molecular weight excluding hydrogens is 374 g/mol. The summed E-state index contributed by atoms with van der Waals surface area (Å²) in [5, 5.41) is 11.8. The second-order valence-corrected chi connectivity index (χ2v) is 6.98. The number of anilines is 3. The summed E-state index contributed by atoms with van der Waals surface area (Å²) in [5.74, 6) is 0.492. The van der Waals surface area contributed by atoms with Crippen LogP contribution in [0.4, 0.5) is 17.2 Å². The van der Waals surface area contributed by atoms with Crippen molar-refractivity contribution in [2.24, 2.45) is 0 Å². The Balaban J connectivity index is 1.36. The van der Waals surface area contributed by atoms with E-state index in [0.717, 1.165) is 32.0 Å². The molecule has 1 aliphatic heterocycles. The quantitative estimate of drug-likeness (QED) is 0.732. The van der Waals surface area contributed by atoms with E-state index < -0.39 is 0 Å². The number of amides is 1. The van der Waals surface area contributed by atoms with Gasteiger partial charge in [-0.2, -0.15) is 0 Å². The van der Waals surface area contributed by atoms with Crippen molar-refractivity contribution >= 4 is 34.7 Å². The first-order valence-electron chi connectivity index (χ1n) is 9.15. The molecule has 3 aromatic rings. The first-order chi connectivity index (χ1) is 13.7. The molecule has 0 bridgehead atoms.